The summed E-state index contributed by atoms with van der Waals surface area (Å²) >= 11 is 1.62. The zero-order valence-electron chi connectivity index (χ0n) is 11.5. The van der Waals surface area contributed by atoms with Gasteiger partial charge in [0.2, 0.25) is 11.8 Å². The van der Waals surface area contributed by atoms with Crippen molar-refractivity contribution in [1.29, 1.82) is 0 Å². The smallest absolute Gasteiger partial charge is 0.234 e. The molecule has 0 unspecified atom stereocenters. The van der Waals surface area contributed by atoms with Gasteiger partial charge in [-0.1, -0.05) is 20.8 Å². The van der Waals surface area contributed by atoms with E-state index in [1.54, 1.807) is 31.0 Å². The molecule has 5 heteroatoms. The highest BCUT2D eigenvalue weighted by molar-refractivity contribution is 8.01. The molecular formula is C13H20N2O2S. The fourth-order valence-electron chi connectivity index (χ4n) is 1.25. The van der Waals surface area contributed by atoms with E-state index in [0.717, 1.165) is 11.4 Å². The molecule has 0 saturated carbocycles. The van der Waals surface area contributed by atoms with Gasteiger partial charge in [-0.3, -0.25) is 4.79 Å². The van der Waals surface area contributed by atoms with Crippen molar-refractivity contribution in [3.63, 3.8) is 0 Å². The normalized spacial score (nSPS) is 11.2. The van der Waals surface area contributed by atoms with Crippen molar-refractivity contribution in [2.75, 3.05) is 18.2 Å². The van der Waals surface area contributed by atoms with E-state index in [0.29, 0.717) is 11.6 Å². The molecule has 1 amide bonds. The lowest BCUT2D eigenvalue weighted by Crippen LogP contribution is -2.19. The highest BCUT2D eigenvalue weighted by atomic mass is 32.2. The van der Waals surface area contributed by atoms with Gasteiger partial charge in [0.15, 0.2) is 0 Å². The number of carbonyl (C=O) groups excluding carboxylic acids is 1. The van der Waals surface area contributed by atoms with Gasteiger partial charge < -0.3 is 10.1 Å². The number of aryl methyl sites for hydroxylation is 1. The summed E-state index contributed by atoms with van der Waals surface area (Å²) < 4.78 is 5.11. The minimum absolute atomic E-state index is 0.00927. The molecule has 0 spiro atoms. The Balaban J connectivity index is 2.59. The number of pyridine rings is 1. The molecule has 1 heterocycles. The molecule has 0 radical (unpaired) electrons. The Labute approximate surface area is 113 Å². The van der Waals surface area contributed by atoms with Gasteiger partial charge in [0.1, 0.15) is 0 Å². The van der Waals surface area contributed by atoms with Crippen LogP contribution in [-0.4, -0.2) is 28.5 Å². The average Bonchev–Trinajstić information content (AvgIpc) is 2.28. The third-order valence-corrected chi connectivity index (χ3v) is 3.45. The number of hydrogen-bond acceptors (Lipinski definition) is 4. The standard InChI is InChI=1S/C13H20N2O2S/c1-9-10(6-7-12(14-9)17-5)15-11(16)8-18-13(2,3)4/h6-7H,8H2,1-5H3,(H,15,16). The predicted molar refractivity (Wildman–Crippen MR) is 76.4 cm³/mol. The lowest BCUT2D eigenvalue weighted by Gasteiger charge is -2.17. The van der Waals surface area contributed by atoms with E-state index in [1.165, 1.54) is 0 Å². The Hall–Kier alpha value is -1.23. The van der Waals surface area contributed by atoms with Gasteiger partial charge in [-0.15, -0.1) is 11.8 Å². The molecule has 0 fully saturated rings. The summed E-state index contributed by atoms with van der Waals surface area (Å²) in [6, 6.07) is 3.54. The number of nitrogens with one attached hydrogen (secondary N) is 1. The van der Waals surface area contributed by atoms with Gasteiger partial charge in [0, 0.05) is 10.8 Å². The molecule has 0 atom stereocenters. The SMILES string of the molecule is COc1ccc(NC(=O)CSC(C)(C)C)c(C)n1. The van der Waals surface area contributed by atoms with Gasteiger partial charge in [0.25, 0.3) is 0 Å². The number of amides is 1. The summed E-state index contributed by atoms with van der Waals surface area (Å²) in [4.78, 5) is 16.0. The molecule has 0 aliphatic rings. The van der Waals surface area contributed by atoms with Crippen molar-refractivity contribution in [3.05, 3.63) is 17.8 Å². The Morgan fingerprint density at radius 3 is 2.61 bits per heavy atom. The fraction of sp³-hybridized carbons (Fsp3) is 0.538. The maximum absolute atomic E-state index is 11.8. The van der Waals surface area contributed by atoms with E-state index in [4.69, 9.17) is 4.74 Å². The van der Waals surface area contributed by atoms with E-state index in [2.05, 4.69) is 31.1 Å². The van der Waals surface area contributed by atoms with E-state index >= 15 is 0 Å². The topological polar surface area (TPSA) is 51.2 Å². The van der Waals surface area contributed by atoms with Crippen molar-refractivity contribution >= 4 is 23.4 Å². The van der Waals surface area contributed by atoms with Crippen LogP contribution < -0.4 is 10.1 Å². The molecule has 1 rings (SSSR count). The van der Waals surface area contributed by atoms with Gasteiger partial charge in [-0.05, 0) is 13.0 Å². The summed E-state index contributed by atoms with van der Waals surface area (Å²) in [7, 11) is 1.57. The molecule has 0 saturated heterocycles. The summed E-state index contributed by atoms with van der Waals surface area (Å²) in [6.45, 7) is 8.11. The first-order valence-corrected chi connectivity index (χ1v) is 6.76. The number of anilines is 1. The van der Waals surface area contributed by atoms with Crippen molar-refractivity contribution in [1.82, 2.24) is 4.98 Å². The Morgan fingerprint density at radius 1 is 1.44 bits per heavy atom. The Morgan fingerprint density at radius 2 is 2.11 bits per heavy atom. The molecule has 1 aromatic heterocycles. The molecule has 0 aromatic carbocycles. The molecule has 0 aliphatic heterocycles. The number of aromatic nitrogens is 1. The van der Waals surface area contributed by atoms with Crippen molar-refractivity contribution in [2.45, 2.75) is 32.4 Å². The van der Waals surface area contributed by atoms with Crippen molar-refractivity contribution in [3.8, 4) is 5.88 Å². The average molecular weight is 268 g/mol. The number of hydrogen-bond donors (Lipinski definition) is 1. The van der Waals surface area contributed by atoms with Gasteiger partial charge >= 0.3 is 0 Å². The molecule has 1 N–H and O–H groups in total. The maximum atomic E-state index is 11.8. The molecule has 18 heavy (non-hydrogen) atoms. The predicted octanol–water partition coefficient (Wildman–Crippen LogP) is 2.87. The number of methoxy groups -OCH3 is 1. The molecule has 0 aliphatic carbocycles. The summed E-state index contributed by atoms with van der Waals surface area (Å²) in [6.07, 6.45) is 0. The van der Waals surface area contributed by atoms with Crippen LogP contribution >= 0.6 is 11.8 Å². The van der Waals surface area contributed by atoms with Gasteiger partial charge in [-0.25, -0.2) is 4.98 Å². The second-order valence-electron chi connectivity index (χ2n) is 4.94. The van der Waals surface area contributed by atoms with Crippen LogP contribution in [0.5, 0.6) is 5.88 Å². The van der Waals surface area contributed by atoms with Gasteiger partial charge in [0.05, 0.1) is 24.2 Å². The fourth-order valence-corrected chi connectivity index (χ4v) is 1.89. The molecule has 1 aromatic rings. The van der Waals surface area contributed by atoms with E-state index in [-0.39, 0.29) is 10.7 Å². The van der Waals surface area contributed by atoms with Crippen LogP contribution in [0.4, 0.5) is 5.69 Å². The van der Waals surface area contributed by atoms with Crippen LogP contribution in [0.2, 0.25) is 0 Å². The lowest BCUT2D eigenvalue weighted by molar-refractivity contribution is -0.113. The van der Waals surface area contributed by atoms with Crippen LogP contribution in [0.15, 0.2) is 12.1 Å². The van der Waals surface area contributed by atoms with E-state index in [9.17, 15) is 4.79 Å². The second-order valence-corrected chi connectivity index (χ2v) is 6.74. The second kappa shape index (κ2) is 6.09. The van der Waals surface area contributed by atoms with Crippen LogP contribution in [0.25, 0.3) is 0 Å². The maximum Gasteiger partial charge on any atom is 0.234 e. The van der Waals surface area contributed by atoms with Crippen molar-refractivity contribution in [2.24, 2.45) is 0 Å². The first-order chi connectivity index (χ1) is 8.31. The number of carbonyl (C=O) groups is 1. The zero-order valence-corrected chi connectivity index (χ0v) is 12.4. The minimum Gasteiger partial charge on any atom is -0.481 e. The molecule has 0 bridgehead atoms. The largest absolute Gasteiger partial charge is 0.481 e. The Bertz CT molecular complexity index is 427. The zero-order chi connectivity index (χ0) is 13.8. The van der Waals surface area contributed by atoms with Gasteiger partial charge in [-0.2, -0.15) is 0 Å². The highest BCUT2D eigenvalue weighted by Gasteiger charge is 2.14. The highest BCUT2D eigenvalue weighted by Crippen LogP contribution is 2.23. The van der Waals surface area contributed by atoms with E-state index < -0.39 is 0 Å². The van der Waals surface area contributed by atoms with Crippen molar-refractivity contribution < 1.29 is 9.53 Å². The van der Waals surface area contributed by atoms with E-state index in [1.807, 2.05) is 6.92 Å². The third-order valence-electron chi connectivity index (χ3n) is 2.18. The Kier molecular flexibility index (Phi) is 5.02. The first kappa shape index (κ1) is 14.8. The van der Waals surface area contributed by atoms with Crippen LogP contribution in [0, 0.1) is 6.92 Å². The summed E-state index contributed by atoms with van der Waals surface area (Å²) in [5, 5.41) is 2.86. The number of nitrogens with zero attached hydrogens (tertiary/aromatic N) is 1. The molecular weight excluding hydrogens is 248 g/mol. The number of rotatable bonds is 4. The lowest BCUT2D eigenvalue weighted by atomic mass is 10.3. The number of ether oxygens (including phenoxy) is 1. The van der Waals surface area contributed by atoms with Crippen LogP contribution in [0.1, 0.15) is 26.5 Å². The van der Waals surface area contributed by atoms with Crippen LogP contribution in [0.3, 0.4) is 0 Å². The number of thioether (sulfide) groups is 1. The van der Waals surface area contributed by atoms with Crippen LogP contribution in [-0.2, 0) is 4.79 Å². The third kappa shape index (κ3) is 4.96. The minimum atomic E-state index is -0.00927. The first-order valence-electron chi connectivity index (χ1n) is 5.77. The summed E-state index contributed by atoms with van der Waals surface area (Å²) in [5.74, 6) is 0.981. The quantitative estimate of drug-likeness (QED) is 0.912. The monoisotopic (exact) mass is 268 g/mol. The molecule has 4 nitrogen and oxygen atoms in total. The summed E-state index contributed by atoms with van der Waals surface area (Å²) in [5.41, 5.74) is 1.48. The molecule has 100 valence electrons.